The van der Waals surface area contributed by atoms with E-state index < -0.39 is 64.6 Å². The lowest BCUT2D eigenvalue weighted by Gasteiger charge is -2.25. The molecule has 2 saturated carbocycles. The standard InChI is InChI=1S/C21H22F4N4O3/c1-8-16-13(18(30)9(19(31)32)5-29(16)11-4-10(11)22)15(26)14(23)17(8)28-6-12(20(27)2-3-20)21(24,25)7-28/h5,10-12H,2-4,6-7,26-27H2,1H3,(H,31,32). The number of carbonyl (C=O) groups is 1. The van der Waals surface area contributed by atoms with Gasteiger partial charge in [0.15, 0.2) is 5.82 Å². The zero-order valence-electron chi connectivity index (χ0n) is 17.2. The maximum Gasteiger partial charge on any atom is 0.341 e. The van der Waals surface area contributed by atoms with E-state index in [1.807, 2.05) is 0 Å². The van der Waals surface area contributed by atoms with E-state index in [1.165, 1.54) is 16.4 Å². The number of carboxylic acid groups (broad SMARTS) is 1. The van der Waals surface area contributed by atoms with Crippen LogP contribution in [-0.4, -0.2) is 46.4 Å². The van der Waals surface area contributed by atoms with Crippen molar-refractivity contribution in [2.45, 2.75) is 49.9 Å². The van der Waals surface area contributed by atoms with Crippen molar-refractivity contribution in [2.24, 2.45) is 11.7 Å². The number of hydrogen-bond acceptors (Lipinski definition) is 5. The van der Waals surface area contributed by atoms with E-state index in [0.717, 1.165) is 6.20 Å². The van der Waals surface area contributed by atoms with Crippen molar-refractivity contribution in [1.82, 2.24) is 4.57 Å². The molecule has 0 radical (unpaired) electrons. The van der Waals surface area contributed by atoms with Crippen molar-refractivity contribution in [3.63, 3.8) is 0 Å². The lowest BCUT2D eigenvalue weighted by atomic mass is 9.94. The number of nitrogen functional groups attached to an aromatic ring is 1. The van der Waals surface area contributed by atoms with Crippen LogP contribution in [0.25, 0.3) is 10.9 Å². The molecule has 2 aromatic rings. The first-order valence-electron chi connectivity index (χ1n) is 10.3. The van der Waals surface area contributed by atoms with Crippen molar-refractivity contribution >= 4 is 28.2 Å². The Labute approximate surface area is 179 Å². The highest BCUT2D eigenvalue weighted by atomic mass is 19.3. The van der Waals surface area contributed by atoms with Crippen LogP contribution in [-0.2, 0) is 0 Å². The highest BCUT2D eigenvalue weighted by Crippen LogP contribution is 2.52. The van der Waals surface area contributed by atoms with Gasteiger partial charge in [0, 0.05) is 24.7 Å². The van der Waals surface area contributed by atoms with Gasteiger partial charge in [-0.3, -0.25) is 4.79 Å². The lowest BCUT2D eigenvalue weighted by molar-refractivity contribution is -0.0332. The smallest absolute Gasteiger partial charge is 0.341 e. The number of pyridine rings is 1. The van der Waals surface area contributed by atoms with Crippen LogP contribution in [0.3, 0.4) is 0 Å². The van der Waals surface area contributed by atoms with E-state index in [0.29, 0.717) is 12.8 Å². The molecule has 3 unspecified atom stereocenters. The highest BCUT2D eigenvalue weighted by molar-refractivity contribution is 6.01. The summed E-state index contributed by atoms with van der Waals surface area (Å²) in [5.74, 6) is -6.95. The van der Waals surface area contributed by atoms with Crippen LogP contribution in [0.5, 0.6) is 0 Å². The molecule has 0 amide bonds. The number of alkyl halides is 3. The average Bonchev–Trinajstić information content (AvgIpc) is 3.59. The Bertz CT molecular complexity index is 1240. The van der Waals surface area contributed by atoms with E-state index in [9.17, 15) is 27.9 Å². The van der Waals surface area contributed by atoms with Gasteiger partial charge in [0.05, 0.1) is 40.8 Å². The number of nitrogens with two attached hydrogens (primary N) is 2. The molecular formula is C21H22F4N4O3. The number of hydrogen-bond donors (Lipinski definition) is 3. The van der Waals surface area contributed by atoms with Gasteiger partial charge in [-0.2, -0.15) is 0 Å². The van der Waals surface area contributed by atoms with Gasteiger partial charge in [-0.25, -0.2) is 22.4 Å². The maximum atomic E-state index is 15.5. The summed E-state index contributed by atoms with van der Waals surface area (Å²) in [5.41, 5.74) is 8.65. The normalized spacial score (nSPS) is 27.7. The first kappa shape index (κ1) is 21.0. The number of carboxylic acids is 1. The minimum Gasteiger partial charge on any atom is -0.477 e. The van der Waals surface area contributed by atoms with Gasteiger partial charge < -0.3 is 26.0 Å². The van der Waals surface area contributed by atoms with Gasteiger partial charge in [-0.15, -0.1) is 0 Å². The van der Waals surface area contributed by atoms with Crippen LogP contribution < -0.4 is 21.8 Å². The van der Waals surface area contributed by atoms with Crippen LogP contribution in [0.4, 0.5) is 28.9 Å². The number of benzene rings is 1. The second kappa shape index (κ2) is 6.37. The number of aromatic nitrogens is 1. The first-order valence-corrected chi connectivity index (χ1v) is 10.3. The number of nitrogens with zero attached hydrogens (tertiary/aromatic N) is 2. The Morgan fingerprint density at radius 3 is 2.47 bits per heavy atom. The fourth-order valence-corrected chi connectivity index (χ4v) is 5.06. The summed E-state index contributed by atoms with van der Waals surface area (Å²) in [7, 11) is 0. The molecule has 1 saturated heterocycles. The SMILES string of the molecule is Cc1c(N2CC(C3(N)CC3)C(F)(F)C2)c(F)c(N)c2c(=O)c(C(=O)O)cn(C3CC3F)c12. The molecule has 3 fully saturated rings. The molecule has 172 valence electrons. The van der Waals surface area contributed by atoms with E-state index in [4.69, 9.17) is 11.5 Å². The Kier molecular flexibility index (Phi) is 4.19. The summed E-state index contributed by atoms with van der Waals surface area (Å²) in [6.45, 7) is 0.470. The molecule has 3 atom stereocenters. The third kappa shape index (κ3) is 2.83. The van der Waals surface area contributed by atoms with Gasteiger partial charge in [0.1, 0.15) is 11.7 Å². The molecule has 0 bridgehead atoms. The lowest BCUT2D eigenvalue weighted by Crippen LogP contribution is -2.43. The summed E-state index contributed by atoms with van der Waals surface area (Å²) < 4.78 is 60.3. The minimum atomic E-state index is -3.15. The molecule has 5 rings (SSSR count). The first-order chi connectivity index (χ1) is 14.9. The fourth-order valence-electron chi connectivity index (χ4n) is 5.06. The molecule has 0 spiro atoms. The molecule has 2 aliphatic carbocycles. The molecule has 1 aromatic carbocycles. The molecule has 11 heteroatoms. The number of rotatable bonds is 4. The van der Waals surface area contributed by atoms with Crippen molar-refractivity contribution in [3.8, 4) is 0 Å². The molecule has 5 N–H and O–H groups in total. The second-order valence-corrected chi connectivity index (χ2v) is 9.26. The van der Waals surface area contributed by atoms with Crippen molar-refractivity contribution in [1.29, 1.82) is 0 Å². The second-order valence-electron chi connectivity index (χ2n) is 9.26. The van der Waals surface area contributed by atoms with Crippen LogP contribution in [0.15, 0.2) is 11.0 Å². The molecular weight excluding hydrogens is 432 g/mol. The molecule has 1 aromatic heterocycles. The molecule has 7 nitrogen and oxygen atoms in total. The Balaban J connectivity index is 1.75. The van der Waals surface area contributed by atoms with Crippen LogP contribution in [0, 0.1) is 18.7 Å². The van der Waals surface area contributed by atoms with Gasteiger partial charge in [-0.05, 0) is 25.3 Å². The zero-order chi connectivity index (χ0) is 23.3. The average molecular weight is 454 g/mol. The zero-order valence-corrected chi connectivity index (χ0v) is 17.2. The molecule has 32 heavy (non-hydrogen) atoms. The summed E-state index contributed by atoms with van der Waals surface area (Å²) in [6, 6.07) is -0.751. The van der Waals surface area contributed by atoms with E-state index in [2.05, 4.69) is 0 Å². The van der Waals surface area contributed by atoms with Crippen molar-refractivity contribution < 1.29 is 27.5 Å². The Morgan fingerprint density at radius 2 is 1.94 bits per heavy atom. The van der Waals surface area contributed by atoms with Crippen LogP contribution >= 0.6 is 0 Å². The van der Waals surface area contributed by atoms with Crippen molar-refractivity contribution in [3.05, 3.63) is 33.4 Å². The summed E-state index contributed by atoms with van der Waals surface area (Å²) in [4.78, 5) is 25.6. The third-order valence-electron chi connectivity index (χ3n) is 7.08. The van der Waals surface area contributed by atoms with E-state index >= 15 is 4.39 Å². The monoisotopic (exact) mass is 454 g/mol. The van der Waals surface area contributed by atoms with E-state index in [-0.39, 0.29) is 35.1 Å². The number of halogens is 4. The van der Waals surface area contributed by atoms with E-state index in [1.54, 1.807) is 0 Å². The predicted octanol–water partition coefficient (Wildman–Crippen LogP) is 2.58. The minimum absolute atomic E-state index is 0.0553. The van der Waals surface area contributed by atoms with Gasteiger partial charge in [-0.1, -0.05) is 0 Å². The molecule has 2 heterocycles. The highest BCUT2D eigenvalue weighted by Gasteiger charge is 2.61. The quantitative estimate of drug-likeness (QED) is 0.483. The van der Waals surface area contributed by atoms with Gasteiger partial charge >= 0.3 is 5.97 Å². The fraction of sp³-hybridized carbons (Fsp3) is 0.524. The largest absolute Gasteiger partial charge is 0.477 e. The molecule has 3 aliphatic rings. The summed E-state index contributed by atoms with van der Waals surface area (Å²) in [6.07, 6.45) is 0.747. The summed E-state index contributed by atoms with van der Waals surface area (Å²) >= 11 is 0. The molecule has 1 aliphatic heterocycles. The predicted molar refractivity (Wildman–Crippen MR) is 110 cm³/mol. The third-order valence-corrected chi connectivity index (χ3v) is 7.08. The Morgan fingerprint density at radius 1 is 1.31 bits per heavy atom. The topological polar surface area (TPSA) is 115 Å². The number of fused-ring (bicyclic) bond motifs is 1. The van der Waals surface area contributed by atoms with Gasteiger partial charge in [0.25, 0.3) is 5.92 Å². The summed E-state index contributed by atoms with van der Waals surface area (Å²) in [5, 5.41) is 9.01. The number of aromatic carboxylic acids is 1. The van der Waals surface area contributed by atoms with Gasteiger partial charge in [0.2, 0.25) is 5.43 Å². The van der Waals surface area contributed by atoms with Crippen LogP contribution in [0.2, 0.25) is 0 Å². The van der Waals surface area contributed by atoms with Crippen LogP contribution in [0.1, 0.15) is 41.2 Å². The number of anilines is 2. The Hall–Kier alpha value is -2.82. The van der Waals surface area contributed by atoms with Crippen molar-refractivity contribution in [2.75, 3.05) is 23.7 Å². The maximum absolute atomic E-state index is 15.5. The number of aryl methyl sites for hydroxylation is 1.